The standard InChI is InChI=1S/C13H28.2H3O3P/c1-3-5-7-9-11-13-12-10-8-6-4-2;2*1-4(2)3/h3-13H2,1-2H3;2*1-3H. The molecule has 21 heavy (non-hydrogen) atoms. The van der Waals surface area contributed by atoms with Gasteiger partial charge in [0.25, 0.3) is 0 Å². The van der Waals surface area contributed by atoms with Crippen molar-refractivity contribution in [3.05, 3.63) is 0 Å². The van der Waals surface area contributed by atoms with Crippen LogP contribution >= 0.6 is 17.2 Å². The molecular weight excluding hydrogens is 314 g/mol. The summed E-state index contributed by atoms with van der Waals surface area (Å²) < 4.78 is 0. The van der Waals surface area contributed by atoms with Crippen molar-refractivity contribution in [1.29, 1.82) is 0 Å². The predicted molar refractivity (Wildman–Crippen MR) is 89.3 cm³/mol. The minimum atomic E-state index is -2.62. The minimum absolute atomic E-state index is 1.37. The van der Waals surface area contributed by atoms with Crippen molar-refractivity contribution in [2.24, 2.45) is 0 Å². The molecule has 0 amide bonds. The summed E-state index contributed by atoms with van der Waals surface area (Å²) in [4.78, 5) is 43.4. The molecule has 0 spiro atoms. The molecule has 0 aromatic heterocycles. The lowest BCUT2D eigenvalue weighted by Gasteiger charge is -2.00. The van der Waals surface area contributed by atoms with Gasteiger partial charge in [0.05, 0.1) is 0 Å². The molecule has 6 nitrogen and oxygen atoms in total. The van der Waals surface area contributed by atoms with Gasteiger partial charge < -0.3 is 29.4 Å². The maximum absolute atomic E-state index is 7.23. The highest BCUT2D eigenvalue weighted by atomic mass is 31.2. The molecule has 0 rings (SSSR count). The Morgan fingerprint density at radius 3 is 0.714 bits per heavy atom. The Morgan fingerprint density at radius 2 is 0.571 bits per heavy atom. The van der Waals surface area contributed by atoms with Crippen molar-refractivity contribution < 1.29 is 29.4 Å². The first kappa shape index (κ1) is 26.5. The summed E-state index contributed by atoms with van der Waals surface area (Å²) in [5.74, 6) is 0. The smallest absolute Gasteiger partial charge is 0.324 e. The van der Waals surface area contributed by atoms with Gasteiger partial charge in [-0.05, 0) is 0 Å². The van der Waals surface area contributed by atoms with Gasteiger partial charge in [0.2, 0.25) is 0 Å². The van der Waals surface area contributed by atoms with Crippen LogP contribution in [0.4, 0.5) is 0 Å². The van der Waals surface area contributed by atoms with Gasteiger partial charge in [-0.15, -0.1) is 0 Å². The zero-order valence-electron chi connectivity index (χ0n) is 13.4. The van der Waals surface area contributed by atoms with E-state index in [1.165, 1.54) is 70.6 Å². The molecule has 0 bridgehead atoms. The van der Waals surface area contributed by atoms with Crippen molar-refractivity contribution in [1.82, 2.24) is 0 Å². The molecule has 8 heteroatoms. The lowest BCUT2D eigenvalue weighted by atomic mass is 10.1. The third kappa shape index (κ3) is 63.4. The predicted octanol–water partition coefficient (Wildman–Crippen LogP) is 3.70. The minimum Gasteiger partial charge on any atom is -0.328 e. The van der Waals surface area contributed by atoms with Crippen LogP contribution in [0.1, 0.15) is 84.5 Å². The highest BCUT2D eigenvalue weighted by Crippen LogP contribution is 2.12. The average molecular weight is 348 g/mol. The Morgan fingerprint density at radius 1 is 0.429 bits per heavy atom. The fourth-order valence-electron chi connectivity index (χ4n) is 1.74. The van der Waals surface area contributed by atoms with Crippen LogP contribution in [0.15, 0.2) is 0 Å². The van der Waals surface area contributed by atoms with E-state index in [9.17, 15) is 0 Å². The van der Waals surface area contributed by atoms with Crippen LogP contribution in [0.3, 0.4) is 0 Å². The van der Waals surface area contributed by atoms with E-state index in [1.807, 2.05) is 0 Å². The van der Waals surface area contributed by atoms with E-state index >= 15 is 0 Å². The van der Waals surface area contributed by atoms with Crippen molar-refractivity contribution in [2.75, 3.05) is 0 Å². The molecule has 6 N–H and O–H groups in total. The Labute approximate surface area is 131 Å². The van der Waals surface area contributed by atoms with E-state index in [0.29, 0.717) is 0 Å². The SMILES string of the molecule is CCCCCCCCCCCCC.OP(O)O.OP(O)O. The second kappa shape index (κ2) is 25.6. The third-order valence-electron chi connectivity index (χ3n) is 2.71. The third-order valence-corrected chi connectivity index (χ3v) is 2.71. The summed E-state index contributed by atoms with van der Waals surface area (Å²) in [6.45, 7) is 4.56. The lowest BCUT2D eigenvalue weighted by molar-refractivity contribution is 0.366. The van der Waals surface area contributed by atoms with Crippen molar-refractivity contribution in [3.63, 3.8) is 0 Å². The van der Waals surface area contributed by atoms with Gasteiger partial charge in [0, 0.05) is 0 Å². The van der Waals surface area contributed by atoms with Gasteiger partial charge in [-0.3, -0.25) is 0 Å². The van der Waals surface area contributed by atoms with E-state index in [2.05, 4.69) is 13.8 Å². The van der Waals surface area contributed by atoms with Gasteiger partial charge >= 0.3 is 17.2 Å². The Balaban J connectivity index is -0.000000334. The molecule has 0 saturated heterocycles. The molecule has 0 aromatic rings. The molecular formula is C13H34O6P2. The Bertz CT molecular complexity index is 140. The Kier molecular flexibility index (Phi) is 32.3. The van der Waals surface area contributed by atoms with Gasteiger partial charge in [-0.2, -0.15) is 0 Å². The quantitative estimate of drug-likeness (QED) is 0.264. The van der Waals surface area contributed by atoms with E-state index in [1.54, 1.807) is 0 Å². The first-order chi connectivity index (χ1) is 9.88. The molecule has 0 unspecified atom stereocenters. The number of unbranched alkanes of at least 4 members (excludes halogenated alkanes) is 10. The van der Waals surface area contributed by atoms with Crippen molar-refractivity contribution in [3.8, 4) is 0 Å². The van der Waals surface area contributed by atoms with Gasteiger partial charge in [0.1, 0.15) is 0 Å². The van der Waals surface area contributed by atoms with Crippen LogP contribution in [0.5, 0.6) is 0 Å². The highest BCUT2D eigenvalue weighted by Gasteiger charge is 1.91. The second-order valence-corrected chi connectivity index (χ2v) is 5.79. The lowest BCUT2D eigenvalue weighted by Crippen LogP contribution is -1.80. The fraction of sp³-hybridized carbons (Fsp3) is 1.00. The fourth-order valence-corrected chi connectivity index (χ4v) is 1.74. The first-order valence-corrected chi connectivity index (χ1v) is 10.0. The zero-order chi connectivity index (χ0) is 16.9. The van der Waals surface area contributed by atoms with Gasteiger partial charge in [-0.1, -0.05) is 84.5 Å². The summed E-state index contributed by atoms with van der Waals surface area (Å²) >= 11 is 0. The van der Waals surface area contributed by atoms with E-state index in [-0.39, 0.29) is 0 Å². The summed E-state index contributed by atoms with van der Waals surface area (Å²) in [6, 6.07) is 0. The molecule has 0 fully saturated rings. The van der Waals surface area contributed by atoms with E-state index < -0.39 is 17.2 Å². The summed E-state index contributed by atoms with van der Waals surface area (Å²) in [7, 11) is -5.24. The van der Waals surface area contributed by atoms with Crippen molar-refractivity contribution in [2.45, 2.75) is 84.5 Å². The van der Waals surface area contributed by atoms with Crippen LogP contribution in [0.2, 0.25) is 0 Å². The molecule has 0 aliphatic carbocycles. The molecule has 0 aliphatic rings. The van der Waals surface area contributed by atoms with Crippen LogP contribution < -0.4 is 0 Å². The molecule has 0 saturated carbocycles. The molecule has 0 aliphatic heterocycles. The summed E-state index contributed by atoms with van der Waals surface area (Å²) in [5, 5.41) is 0. The topological polar surface area (TPSA) is 121 Å². The normalized spacial score (nSPS) is 10.0. The maximum atomic E-state index is 7.23. The number of hydrogen-bond acceptors (Lipinski definition) is 6. The first-order valence-electron chi connectivity index (χ1n) is 7.61. The van der Waals surface area contributed by atoms with Crippen LogP contribution in [0, 0.1) is 0 Å². The molecule has 0 atom stereocenters. The largest absolute Gasteiger partial charge is 0.328 e. The second-order valence-electron chi connectivity index (χ2n) is 4.72. The highest BCUT2D eigenvalue weighted by molar-refractivity contribution is 7.38. The number of rotatable bonds is 10. The zero-order valence-corrected chi connectivity index (χ0v) is 15.1. The summed E-state index contributed by atoms with van der Waals surface area (Å²) in [6.07, 6.45) is 15.9. The molecule has 0 radical (unpaired) electrons. The van der Waals surface area contributed by atoms with Gasteiger partial charge in [-0.25, -0.2) is 0 Å². The van der Waals surface area contributed by atoms with E-state index in [0.717, 1.165) is 0 Å². The maximum Gasteiger partial charge on any atom is 0.324 e. The average Bonchev–Trinajstić information content (AvgIpc) is 2.35. The van der Waals surface area contributed by atoms with Crippen LogP contribution in [-0.4, -0.2) is 29.4 Å². The number of hydrogen-bond donors (Lipinski definition) is 6. The van der Waals surface area contributed by atoms with Crippen LogP contribution in [-0.2, 0) is 0 Å². The molecule has 0 heterocycles. The molecule has 132 valence electrons. The van der Waals surface area contributed by atoms with Crippen LogP contribution in [0.25, 0.3) is 0 Å². The summed E-state index contributed by atoms with van der Waals surface area (Å²) in [5.41, 5.74) is 0. The monoisotopic (exact) mass is 348 g/mol. The van der Waals surface area contributed by atoms with E-state index in [4.69, 9.17) is 29.4 Å². The van der Waals surface area contributed by atoms with Gasteiger partial charge in [0.15, 0.2) is 0 Å². The molecule has 0 aromatic carbocycles. The van der Waals surface area contributed by atoms with Crippen molar-refractivity contribution >= 4 is 17.2 Å². The Hall–Kier alpha value is 0.620.